The monoisotopic (exact) mass is 915 g/mol. The number of hydrogen-bond acceptors (Lipinski definition) is 10. The summed E-state index contributed by atoms with van der Waals surface area (Å²) >= 11 is 0. The third kappa shape index (κ3) is 21.5. The summed E-state index contributed by atoms with van der Waals surface area (Å²) in [5.74, 6) is 2.00. The normalized spacial score (nSPS) is 12.1. The van der Waals surface area contributed by atoms with Crippen LogP contribution < -0.4 is 9.47 Å². The second kappa shape index (κ2) is 30.7. The molecule has 4 aromatic rings. The Labute approximate surface area is 385 Å². The Morgan fingerprint density at radius 2 is 0.578 bits per heavy atom. The van der Waals surface area contributed by atoms with Gasteiger partial charge in [-0.3, -0.25) is 0 Å². The smallest absolute Gasteiger partial charge is 0.178 e. The zero-order valence-electron chi connectivity index (χ0n) is 38.7. The molecule has 4 aromatic carbocycles. The Bertz CT molecular complexity index is 1970. The van der Waals surface area contributed by atoms with Crippen molar-refractivity contribution in [3.05, 3.63) is 97.1 Å². The van der Waals surface area contributed by atoms with E-state index in [2.05, 4.69) is 34.3 Å². The average molecular weight is 915 g/mol. The number of rotatable bonds is 35. The predicted molar refractivity (Wildman–Crippen MR) is 262 cm³/mol. The van der Waals surface area contributed by atoms with Crippen molar-refractivity contribution in [2.24, 2.45) is 20.5 Å². The van der Waals surface area contributed by atoms with Crippen molar-refractivity contribution >= 4 is 42.4 Å². The molecule has 0 amide bonds. The van der Waals surface area contributed by atoms with Gasteiger partial charge in [0.15, 0.2) is 19.7 Å². The summed E-state index contributed by atoms with van der Waals surface area (Å²) < 4.78 is 62.6. The van der Waals surface area contributed by atoms with E-state index < -0.39 is 19.7 Å². The van der Waals surface area contributed by atoms with Crippen molar-refractivity contribution < 1.29 is 26.3 Å². The predicted octanol–water partition coefficient (Wildman–Crippen LogP) is 16.1. The molecule has 0 radical (unpaired) electrons. The molecule has 0 saturated heterocycles. The van der Waals surface area contributed by atoms with Gasteiger partial charge in [-0.1, -0.05) is 129 Å². The second-order valence-electron chi connectivity index (χ2n) is 16.8. The molecule has 0 heterocycles. The fourth-order valence-corrected chi connectivity index (χ4v) is 10.0. The van der Waals surface area contributed by atoms with E-state index in [9.17, 15) is 16.8 Å². The average Bonchev–Trinajstić information content (AvgIpc) is 3.31. The van der Waals surface area contributed by atoms with Gasteiger partial charge in [-0.2, -0.15) is 20.5 Å². The van der Waals surface area contributed by atoms with Gasteiger partial charge in [0, 0.05) is 0 Å². The molecule has 0 atom stereocenters. The zero-order valence-corrected chi connectivity index (χ0v) is 40.3. The Balaban J connectivity index is 0.965. The molecule has 10 nitrogen and oxygen atoms in total. The first-order valence-corrected chi connectivity index (χ1v) is 27.4. The molecule has 0 saturated carbocycles. The molecule has 350 valence electrons. The summed E-state index contributed by atoms with van der Waals surface area (Å²) in [4.78, 5) is 0.680. The molecule has 0 aliphatic rings. The summed E-state index contributed by atoms with van der Waals surface area (Å²) in [6.45, 7) is 5.74. The number of unbranched alkanes of at least 4 members (excludes halogenated alkanes) is 19. The van der Waals surface area contributed by atoms with Gasteiger partial charge in [0.05, 0.1) is 57.3 Å². The van der Waals surface area contributed by atoms with E-state index in [1.54, 1.807) is 48.5 Å². The molecule has 64 heavy (non-hydrogen) atoms. The van der Waals surface area contributed by atoms with Crippen molar-refractivity contribution in [1.29, 1.82) is 0 Å². The summed E-state index contributed by atoms with van der Waals surface area (Å²) in [6, 6.07) is 28.4. The largest absolute Gasteiger partial charge is 0.494 e. The minimum absolute atomic E-state index is 0.185. The highest BCUT2D eigenvalue weighted by Crippen LogP contribution is 2.26. The molecule has 0 spiro atoms. The van der Waals surface area contributed by atoms with Crippen LogP contribution in [0.5, 0.6) is 11.5 Å². The highest BCUT2D eigenvalue weighted by Gasteiger charge is 2.15. The summed E-state index contributed by atoms with van der Waals surface area (Å²) in [7, 11) is -6.56. The van der Waals surface area contributed by atoms with Crippen LogP contribution in [0.4, 0.5) is 22.7 Å². The van der Waals surface area contributed by atoms with Gasteiger partial charge in [-0.15, -0.1) is 0 Å². The summed E-state index contributed by atoms with van der Waals surface area (Å²) in [5, 5.41) is 17.2. The molecule has 0 aliphatic carbocycles. The van der Waals surface area contributed by atoms with E-state index in [1.165, 1.54) is 77.0 Å². The lowest BCUT2D eigenvalue weighted by molar-refractivity contribution is 0.303. The van der Waals surface area contributed by atoms with Crippen LogP contribution in [0, 0.1) is 0 Å². The first-order valence-electron chi connectivity index (χ1n) is 24.1. The molecule has 0 N–H and O–H groups in total. The van der Waals surface area contributed by atoms with Crippen LogP contribution in [0.2, 0.25) is 0 Å². The first kappa shape index (κ1) is 52.2. The van der Waals surface area contributed by atoms with E-state index in [0.717, 1.165) is 62.9 Å². The maximum atomic E-state index is 12.7. The van der Waals surface area contributed by atoms with Crippen molar-refractivity contribution in [2.75, 3.05) is 24.7 Å². The maximum absolute atomic E-state index is 12.7. The molecule has 0 aliphatic heterocycles. The number of ether oxygens (including phenoxy) is 2. The lowest BCUT2D eigenvalue weighted by Crippen LogP contribution is -2.06. The lowest BCUT2D eigenvalue weighted by Gasteiger charge is -2.07. The number of nitrogens with zero attached hydrogens (tertiary/aromatic N) is 4. The second-order valence-corrected chi connectivity index (χ2v) is 21.0. The van der Waals surface area contributed by atoms with Crippen molar-refractivity contribution in [3.8, 4) is 11.5 Å². The fraction of sp³-hybridized carbons (Fsp3) is 0.538. The molecule has 0 aromatic heterocycles. The highest BCUT2D eigenvalue weighted by atomic mass is 32.2. The number of azo groups is 2. The summed E-state index contributed by atoms with van der Waals surface area (Å²) in [6.07, 6.45) is 24.5. The molecule has 0 unspecified atom stereocenters. The highest BCUT2D eigenvalue weighted by molar-refractivity contribution is 7.91. The Morgan fingerprint density at radius 3 is 0.875 bits per heavy atom. The molecule has 0 bridgehead atoms. The SMILES string of the molecule is CCCCCCCCS(=O)(=O)c1ccc(N=Nc2ccc(OCCCCCCCCCCCCOc3ccc(N=Nc4ccc(S(=O)(=O)CCCCCCCC)cc4)cc3)cc2)cc1. The topological polar surface area (TPSA) is 136 Å². The maximum Gasteiger partial charge on any atom is 0.178 e. The van der Waals surface area contributed by atoms with Crippen LogP contribution in [-0.2, 0) is 19.7 Å². The van der Waals surface area contributed by atoms with Crippen molar-refractivity contribution in [1.82, 2.24) is 0 Å². The van der Waals surface area contributed by atoms with Gasteiger partial charge in [0.25, 0.3) is 0 Å². The number of sulfone groups is 2. The van der Waals surface area contributed by atoms with Crippen molar-refractivity contribution in [3.63, 3.8) is 0 Å². The zero-order chi connectivity index (χ0) is 45.6. The van der Waals surface area contributed by atoms with E-state index in [1.807, 2.05) is 48.5 Å². The van der Waals surface area contributed by atoms with Gasteiger partial charge in [0.1, 0.15) is 11.5 Å². The molecular weight excluding hydrogens is 841 g/mol. The van der Waals surface area contributed by atoms with E-state index in [-0.39, 0.29) is 11.5 Å². The van der Waals surface area contributed by atoms with Gasteiger partial charge < -0.3 is 9.47 Å². The molecule has 4 rings (SSSR count). The first-order chi connectivity index (χ1) is 31.2. The third-order valence-corrected chi connectivity index (χ3v) is 14.9. The Morgan fingerprint density at radius 1 is 0.328 bits per heavy atom. The molecular formula is C52H74N4O6S2. The van der Waals surface area contributed by atoms with Crippen LogP contribution in [0.15, 0.2) is 127 Å². The Hall–Kier alpha value is -4.42. The van der Waals surface area contributed by atoms with Crippen molar-refractivity contribution in [2.45, 2.75) is 165 Å². The fourth-order valence-electron chi connectivity index (χ4n) is 7.27. The van der Waals surface area contributed by atoms with Gasteiger partial charge >= 0.3 is 0 Å². The Kier molecular flexibility index (Phi) is 25.0. The van der Waals surface area contributed by atoms with Gasteiger partial charge in [-0.05, 0) is 123 Å². The third-order valence-electron chi connectivity index (χ3n) is 11.2. The lowest BCUT2D eigenvalue weighted by atomic mass is 10.1. The quantitative estimate of drug-likeness (QED) is 0.0333. The minimum atomic E-state index is -3.28. The van der Waals surface area contributed by atoms with Gasteiger partial charge in [0.2, 0.25) is 0 Å². The van der Waals surface area contributed by atoms with Crippen LogP contribution in [0.25, 0.3) is 0 Å². The number of hydrogen-bond donors (Lipinski definition) is 0. The standard InChI is InChI=1S/C52H74N4O6S2/c1-3-5-7-9-19-23-43-63(57,58)51-37-29-47(30-38-51)55-53-45-25-33-49(34-26-45)61-41-21-17-15-13-11-12-14-16-18-22-42-62-50-35-27-46(28-36-50)54-56-48-31-39-52(40-32-48)64(59,60)44-24-20-10-8-6-4-2/h25-40H,3-24,41-44H2,1-2H3. The van der Waals surface area contributed by atoms with E-state index in [4.69, 9.17) is 9.47 Å². The minimum Gasteiger partial charge on any atom is -0.494 e. The van der Waals surface area contributed by atoms with E-state index in [0.29, 0.717) is 58.6 Å². The van der Waals surface area contributed by atoms with Gasteiger partial charge in [-0.25, -0.2) is 16.8 Å². The molecule has 12 heteroatoms. The number of benzene rings is 4. The van der Waals surface area contributed by atoms with Crippen LogP contribution in [0.1, 0.15) is 155 Å². The van der Waals surface area contributed by atoms with Crippen LogP contribution in [-0.4, -0.2) is 41.6 Å². The molecule has 0 fully saturated rings. The summed E-state index contributed by atoms with van der Waals surface area (Å²) in [5.41, 5.74) is 2.64. The van der Waals surface area contributed by atoms with E-state index >= 15 is 0 Å². The van der Waals surface area contributed by atoms with Crippen LogP contribution in [0.3, 0.4) is 0 Å². The van der Waals surface area contributed by atoms with Crippen LogP contribution >= 0.6 is 0 Å².